The van der Waals surface area contributed by atoms with Crippen molar-refractivity contribution in [3.8, 4) is 0 Å². The normalized spacial score (nSPS) is 18.1. The molecule has 0 aromatic heterocycles. The highest BCUT2D eigenvalue weighted by Gasteiger charge is 2.26. The van der Waals surface area contributed by atoms with Gasteiger partial charge >= 0.3 is 12.1 Å². The minimum atomic E-state index is -0.967. The Hall–Kier alpha value is -4.18. The molecular formula is C29H35N3O7. The Labute approximate surface area is 228 Å². The van der Waals surface area contributed by atoms with Crippen LogP contribution in [0.3, 0.4) is 0 Å². The summed E-state index contributed by atoms with van der Waals surface area (Å²) in [5.41, 5.74) is 1.73. The average Bonchev–Trinajstić information content (AvgIpc) is 2.95. The first-order chi connectivity index (χ1) is 19.0. The van der Waals surface area contributed by atoms with E-state index in [4.69, 9.17) is 9.47 Å². The fourth-order valence-electron chi connectivity index (χ4n) is 4.02. The maximum absolute atomic E-state index is 13.1. The lowest BCUT2D eigenvalue weighted by Gasteiger charge is -2.24. The van der Waals surface area contributed by atoms with E-state index in [9.17, 15) is 24.3 Å². The minimum absolute atomic E-state index is 0.0454. The molecule has 39 heavy (non-hydrogen) atoms. The Morgan fingerprint density at radius 2 is 1.67 bits per heavy atom. The molecule has 0 saturated carbocycles. The van der Waals surface area contributed by atoms with Gasteiger partial charge in [-0.25, -0.2) is 9.59 Å². The highest BCUT2D eigenvalue weighted by atomic mass is 16.6. The number of carbonyl (C=O) groups is 4. The van der Waals surface area contributed by atoms with Crippen LogP contribution in [0.25, 0.3) is 0 Å². The molecule has 2 aromatic carbocycles. The molecule has 3 amide bonds. The second kappa shape index (κ2) is 15.9. The molecule has 3 N–H and O–H groups in total. The first kappa shape index (κ1) is 29.4. The van der Waals surface area contributed by atoms with Crippen molar-refractivity contribution in [1.29, 1.82) is 0 Å². The van der Waals surface area contributed by atoms with Gasteiger partial charge in [0.05, 0.1) is 19.1 Å². The van der Waals surface area contributed by atoms with Crippen molar-refractivity contribution in [1.82, 2.24) is 15.5 Å². The lowest BCUT2D eigenvalue weighted by molar-refractivity contribution is -0.146. The van der Waals surface area contributed by atoms with Crippen LogP contribution in [-0.2, 0) is 37.0 Å². The molecule has 0 radical (unpaired) electrons. The third-order valence-electron chi connectivity index (χ3n) is 6.12. The highest BCUT2D eigenvalue weighted by molar-refractivity contribution is 5.86. The van der Waals surface area contributed by atoms with Crippen LogP contribution in [0.15, 0.2) is 72.8 Å². The van der Waals surface area contributed by atoms with Gasteiger partial charge in [0.1, 0.15) is 19.3 Å². The summed E-state index contributed by atoms with van der Waals surface area (Å²) in [5.74, 6) is -1.87. The molecule has 0 saturated heterocycles. The van der Waals surface area contributed by atoms with Crippen LogP contribution in [0.4, 0.5) is 4.79 Å². The number of hydrogen-bond donors (Lipinski definition) is 3. The first-order valence-electron chi connectivity index (χ1n) is 13.0. The Kier molecular flexibility index (Phi) is 12.0. The molecule has 0 bridgehead atoms. The van der Waals surface area contributed by atoms with Crippen molar-refractivity contribution in [2.24, 2.45) is 5.92 Å². The maximum atomic E-state index is 13.1. The van der Waals surface area contributed by atoms with E-state index in [0.29, 0.717) is 6.54 Å². The predicted molar refractivity (Wildman–Crippen MR) is 143 cm³/mol. The summed E-state index contributed by atoms with van der Waals surface area (Å²) < 4.78 is 10.4. The molecule has 10 heteroatoms. The van der Waals surface area contributed by atoms with Crippen LogP contribution in [-0.4, -0.2) is 66.2 Å². The highest BCUT2D eigenvalue weighted by Crippen LogP contribution is 2.16. The van der Waals surface area contributed by atoms with Crippen molar-refractivity contribution in [3.05, 3.63) is 83.9 Å². The number of esters is 1. The molecule has 1 aliphatic rings. The van der Waals surface area contributed by atoms with Crippen LogP contribution >= 0.6 is 0 Å². The van der Waals surface area contributed by atoms with Crippen LogP contribution in [0.1, 0.15) is 30.4 Å². The van der Waals surface area contributed by atoms with Gasteiger partial charge in [0.25, 0.3) is 0 Å². The predicted octanol–water partition coefficient (Wildman–Crippen LogP) is 2.32. The summed E-state index contributed by atoms with van der Waals surface area (Å²) in [6.45, 7) is 0.327. The maximum Gasteiger partial charge on any atom is 0.408 e. The molecule has 0 aliphatic carbocycles. The smallest absolute Gasteiger partial charge is 0.408 e. The molecule has 2 aromatic rings. The number of ether oxygens (including phenoxy) is 2. The molecule has 1 aliphatic heterocycles. The second-order valence-corrected chi connectivity index (χ2v) is 9.09. The number of aliphatic hydroxyl groups excluding tert-OH is 1. The fourth-order valence-corrected chi connectivity index (χ4v) is 4.02. The zero-order chi connectivity index (χ0) is 27.9. The number of hydrogen-bond acceptors (Lipinski definition) is 7. The van der Waals surface area contributed by atoms with Gasteiger partial charge in [-0.2, -0.15) is 0 Å². The van der Waals surface area contributed by atoms with Gasteiger partial charge in [0, 0.05) is 19.5 Å². The van der Waals surface area contributed by atoms with Crippen molar-refractivity contribution in [2.75, 3.05) is 26.3 Å². The molecule has 1 heterocycles. The van der Waals surface area contributed by atoms with E-state index in [1.807, 2.05) is 60.7 Å². The Morgan fingerprint density at radius 1 is 1.00 bits per heavy atom. The van der Waals surface area contributed by atoms with Crippen LogP contribution in [0.5, 0.6) is 0 Å². The SMILES string of the molecule is O=C(NC1CC=CCC(CC(=O)N(CCO)Cc2ccccc2)C(=O)NCCOC1=O)OCc1ccccc1. The largest absolute Gasteiger partial charge is 0.462 e. The van der Waals surface area contributed by atoms with Gasteiger partial charge in [0.15, 0.2) is 0 Å². The van der Waals surface area contributed by atoms with Gasteiger partial charge in [-0.05, 0) is 24.0 Å². The summed E-state index contributed by atoms with van der Waals surface area (Å²) in [7, 11) is 0. The Bertz CT molecular complexity index is 1110. The van der Waals surface area contributed by atoms with E-state index in [1.54, 1.807) is 12.2 Å². The van der Waals surface area contributed by atoms with Crippen LogP contribution in [0, 0.1) is 5.92 Å². The summed E-state index contributed by atoms with van der Waals surface area (Å²) >= 11 is 0. The van der Waals surface area contributed by atoms with Crippen molar-refractivity contribution >= 4 is 23.9 Å². The minimum Gasteiger partial charge on any atom is -0.462 e. The number of cyclic esters (lactones) is 1. The number of rotatable bonds is 9. The number of benzene rings is 2. The van der Waals surface area contributed by atoms with E-state index in [2.05, 4.69) is 10.6 Å². The number of carbonyl (C=O) groups excluding carboxylic acids is 4. The van der Waals surface area contributed by atoms with Gasteiger partial charge in [-0.15, -0.1) is 0 Å². The average molecular weight is 538 g/mol. The van der Waals surface area contributed by atoms with E-state index in [0.717, 1.165) is 11.1 Å². The van der Waals surface area contributed by atoms with Gasteiger partial charge in [0.2, 0.25) is 11.8 Å². The third-order valence-corrected chi connectivity index (χ3v) is 6.12. The lowest BCUT2D eigenvalue weighted by atomic mass is 9.98. The summed E-state index contributed by atoms with van der Waals surface area (Å²) in [5, 5.41) is 14.7. The van der Waals surface area contributed by atoms with E-state index < -0.39 is 24.0 Å². The second-order valence-electron chi connectivity index (χ2n) is 9.09. The molecular weight excluding hydrogens is 502 g/mol. The number of allylic oxidation sites excluding steroid dienone is 1. The van der Waals surface area contributed by atoms with Gasteiger partial charge in [-0.1, -0.05) is 72.8 Å². The van der Waals surface area contributed by atoms with Crippen molar-refractivity contribution in [2.45, 2.75) is 38.5 Å². The number of amides is 3. The number of nitrogens with zero attached hydrogens (tertiary/aromatic N) is 1. The monoisotopic (exact) mass is 537 g/mol. The number of alkyl carbamates (subject to hydrolysis) is 1. The van der Waals surface area contributed by atoms with Gasteiger partial charge in [-0.3, -0.25) is 9.59 Å². The third kappa shape index (κ3) is 10.2. The van der Waals surface area contributed by atoms with Crippen LogP contribution in [0.2, 0.25) is 0 Å². The first-order valence-corrected chi connectivity index (χ1v) is 13.0. The van der Waals surface area contributed by atoms with Crippen molar-refractivity contribution < 1.29 is 33.8 Å². The fraction of sp³-hybridized carbons (Fsp3) is 0.379. The van der Waals surface area contributed by atoms with Crippen molar-refractivity contribution in [3.63, 3.8) is 0 Å². The summed E-state index contributed by atoms with van der Waals surface area (Å²) in [4.78, 5) is 52.2. The van der Waals surface area contributed by atoms with E-state index >= 15 is 0 Å². The number of aliphatic hydroxyl groups is 1. The Morgan fingerprint density at radius 3 is 2.36 bits per heavy atom. The molecule has 3 rings (SSSR count). The van der Waals surface area contributed by atoms with Crippen LogP contribution < -0.4 is 10.6 Å². The molecule has 208 valence electrons. The molecule has 0 fully saturated rings. The zero-order valence-electron chi connectivity index (χ0n) is 21.8. The molecule has 0 spiro atoms. The van der Waals surface area contributed by atoms with E-state index in [-0.39, 0.29) is 64.0 Å². The van der Waals surface area contributed by atoms with E-state index in [1.165, 1.54) is 4.90 Å². The van der Waals surface area contributed by atoms with Gasteiger partial charge < -0.3 is 30.1 Å². The molecule has 10 nitrogen and oxygen atoms in total. The summed E-state index contributed by atoms with van der Waals surface area (Å²) in [6.07, 6.45) is 2.98. The number of nitrogens with one attached hydrogen (secondary N) is 2. The standard InChI is InChI=1S/C29H35N3O7/c33-17-16-32(20-22-9-3-1-4-10-22)26(34)19-24-13-7-8-14-25(28(36)38-18-15-30-27(24)35)31-29(37)39-21-23-11-5-2-6-12-23/h1-12,24-25,33H,13-21H2,(H,30,35)(H,31,37). The lowest BCUT2D eigenvalue weighted by Crippen LogP contribution is -2.43. The zero-order valence-corrected chi connectivity index (χ0v) is 21.8. The quantitative estimate of drug-likeness (QED) is 0.330. The topological polar surface area (TPSA) is 134 Å². The Balaban J connectivity index is 1.59. The summed E-state index contributed by atoms with van der Waals surface area (Å²) in [6, 6.07) is 17.6. The molecule has 2 unspecified atom stereocenters. The molecule has 2 atom stereocenters.